The average molecular weight is 344 g/mol. The maximum Gasteiger partial charge on any atom is 0.336 e. The van der Waals surface area contributed by atoms with Gasteiger partial charge in [0.05, 0.1) is 10.5 Å². The van der Waals surface area contributed by atoms with Gasteiger partial charge in [0.2, 0.25) is 0 Å². The van der Waals surface area contributed by atoms with Crippen molar-refractivity contribution in [3.63, 3.8) is 0 Å². The fourth-order valence-corrected chi connectivity index (χ4v) is 4.20. The minimum atomic E-state index is -3.86. The second kappa shape index (κ2) is 5.76. The molecule has 1 N–H and O–H groups in total. The van der Waals surface area contributed by atoms with Gasteiger partial charge in [0.15, 0.2) is 5.65 Å². The lowest BCUT2D eigenvalue weighted by Gasteiger charge is -2.10. The first-order valence-corrected chi connectivity index (χ1v) is 8.85. The molecule has 0 saturated heterocycles. The number of aryl methyl sites for hydroxylation is 2. The molecule has 0 spiro atoms. The van der Waals surface area contributed by atoms with E-state index < -0.39 is 16.0 Å². The number of carbonyl (C=O) groups is 1. The zero-order chi connectivity index (χ0) is 17.5. The predicted octanol–water partition coefficient (Wildman–Crippen LogP) is 2.84. The molecule has 24 heavy (non-hydrogen) atoms. The molecule has 0 bridgehead atoms. The maximum atomic E-state index is 13.1. The van der Waals surface area contributed by atoms with Crippen molar-refractivity contribution in [1.29, 1.82) is 0 Å². The largest absolute Gasteiger partial charge is 0.478 e. The summed E-state index contributed by atoms with van der Waals surface area (Å²) < 4.78 is 27.3. The highest BCUT2D eigenvalue weighted by atomic mass is 32.2. The van der Waals surface area contributed by atoms with Gasteiger partial charge in [0.25, 0.3) is 10.0 Å². The van der Waals surface area contributed by atoms with Crippen molar-refractivity contribution < 1.29 is 18.3 Å². The fourth-order valence-electron chi connectivity index (χ4n) is 2.64. The second-order valence-corrected chi connectivity index (χ2v) is 7.26. The lowest BCUT2D eigenvalue weighted by molar-refractivity contribution is 0.0699. The monoisotopic (exact) mass is 344 g/mol. The molecule has 0 aliphatic heterocycles. The summed E-state index contributed by atoms with van der Waals surface area (Å²) >= 11 is 0. The third-order valence-electron chi connectivity index (χ3n) is 3.89. The summed E-state index contributed by atoms with van der Waals surface area (Å²) in [5, 5.41) is 9.64. The third kappa shape index (κ3) is 2.46. The van der Waals surface area contributed by atoms with Gasteiger partial charge >= 0.3 is 5.97 Å². The molecule has 0 unspecified atom stereocenters. The topological polar surface area (TPSA) is 89.3 Å². The number of carboxylic acid groups (broad SMARTS) is 1. The van der Waals surface area contributed by atoms with Crippen molar-refractivity contribution in [2.75, 3.05) is 0 Å². The van der Waals surface area contributed by atoms with Gasteiger partial charge in [0, 0.05) is 17.3 Å². The van der Waals surface area contributed by atoms with E-state index in [4.69, 9.17) is 0 Å². The highest BCUT2D eigenvalue weighted by Gasteiger charge is 2.25. The minimum absolute atomic E-state index is 0.0348. The van der Waals surface area contributed by atoms with Crippen LogP contribution in [0.15, 0.2) is 47.5 Å². The van der Waals surface area contributed by atoms with Crippen LogP contribution in [0.25, 0.3) is 11.0 Å². The molecule has 0 aliphatic rings. The zero-order valence-electron chi connectivity index (χ0n) is 13.2. The Hall–Kier alpha value is -2.67. The molecule has 0 radical (unpaired) electrons. The van der Waals surface area contributed by atoms with Gasteiger partial charge in [0.1, 0.15) is 0 Å². The summed E-state index contributed by atoms with van der Waals surface area (Å²) in [5.74, 6) is -1.12. The summed E-state index contributed by atoms with van der Waals surface area (Å²) in [7, 11) is -3.86. The molecule has 6 nitrogen and oxygen atoms in total. The van der Waals surface area contributed by atoms with E-state index in [1.807, 2.05) is 13.8 Å². The maximum absolute atomic E-state index is 13.1. The van der Waals surface area contributed by atoms with E-state index in [-0.39, 0.29) is 16.1 Å². The number of nitrogens with zero attached hydrogens (tertiary/aromatic N) is 2. The Labute approximate surface area is 139 Å². The van der Waals surface area contributed by atoms with Crippen molar-refractivity contribution in [1.82, 2.24) is 8.96 Å². The van der Waals surface area contributed by atoms with Crippen LogP contribution in [-0.4, -0.2) is 28.5 Å². The fraction of sp³-hybridized carbons (Fsp3) is 0.176. The Kier molecular flexibility index (Phi) is 3.88. The molecule has 2 heterocycles. The molecule has 0 amide bonds. The molecule has 0 saturated carbocycles. The van der Waals surface area contributed by atoms with Crippen LogP contribution in [0.1, 0.15) is 28.5 Å². The molecule has 0 atom stereocenters. The molecular formula is C17H16N2O4S. The van der Waals surface area contributed by atoms with Crippen LogP contribution < -0.4 is 0 Å². The van der Waals surface area contributed by atoms with Gasteiger partial charge in [-0.3, -0.25) is 0 Å². The molecule has 7 heteroatoms. The number of aromatic nitrogens is 2. The number of hydrogen-bond acceptors (Lipinski definition) is 4. The van der Waals surface area contributed by atoms with Gasteiger partial charge in [-0.25, -0.2) is 22.2 Å². The van der Waals surface area contributed by atoms with Crippen LogP contribution in [0, 0.1) is 6.92 Å². The number of pyridine rings is 1. The van der Waals surface area contributed by atoms with Crippen LogP contribution in [0.5, 0.6) is 0 Å². The van der Waals surface area contributed by atoms with Gasteiger partial charge in [-0.2, -0.15) is 0 Å². The molecular weight excluding hydrogens is 328 g/mol. The van der Waals surface area contributed by atoms with Crippen LogP contribution in [0.2, 0.25) is 0 Å². The van der Waals surface area contributed by atoms with Gasteiger partial charge in [-0.1, -0.05) is 24.6 Å². The predicted molar refractivity (Wildman–Crippen MR) is 89.8 cm³/mol. The quantitative estimate of drug-likeness (QED) is 0.786. The number of rotatable bonds is 4. The van der Waals surface area contributed by atoms with Crippen molar-refractivity contribution >= 4 is 27.0 Å². The number of hydrogen-bond donors (Lipinski definition) is 1. The molecule has 1 aromatic carbocycles. The van der Waals surface area contributed by atoms with Crippen LogP contribution in [-0.2, 0) is 16.4 Å². The molecule has 124 valence electrons. The SMILES string of the molecule is CCc1cc2c(C(=O)O)ccnc2n1S(=O)(=O)c1ccc(C)cc1. The summed E-state index contributed by atoms with van der Waals surface area (Å²) in [6.07, 6.45) is 1.74. The number of fused-ring (bicyclic) bond motifs is 1. The van der Waals surface area contributed by atoms with E-state index in [0.29, 0.717) is 17.5 Å². The van der Waals surface area contributed by atoms with Crippen molar-refractivity contribution in [3.8, 4) is 0 Å². The van der Waals surface area contributed by atoms with Crippen LogP contribution in [0.3, 0.4) is 0 Å². The zero-order valence-corrected chi connectivity index (χ0v) is 14.0. The van der Waals surface area contributed by atoms with E-state index in [9.17, 15) is 18.3 Å². The van der Waals surface area contributed by atoms with Crippen molar-refractivity contribution in [2.45, 2.75) is 25.2 Å². The van der Waals surface area contributed by atoms with Crippen LogP contribution >= 0.6 is 0 Å². The highest BCUT2D eigenvalue weighted by Crippen LogP contribution is 2.27. The highest BCUT2D eigenvalue weighted by molar-refractivity contribution is 7.90. The Morgan fingerprint density at radius 1 is 1.21 bits per heavy atom. The molecule has 3 aromatic rings. The Morgan fingerprint density at radius 3 is 2.46 bits per heavy atom. The van der Waals surface area contributed by atoms with Gasteiger partial charge in [-0.05, 0) is 37.6 Å². The van der Waals surface area contributed by atoms with E-state index in [0.717, 1.165) is 9.54 Å². The van der Waals surface area contributed by atoms with E-state index >= 15 is 0 Å². The summed E-state index contributed by atoms with van der Waals surface area (Å²) in [6.45, 7) is 3.69. The van der Waals surface area contributed by atoms with Gasteiger partial charge in [-0.15, -0.1) is 0 Å². The second-order valence-electron chi connectivity index (χ2n) is 5.47. The molecule has 3 rings (SSSR count). The number of aromatic carboxylic acids is 1. The first-order valence-electron chi connectivity index (χ1n) is 7.41. The number of carboxylic acids is 1. The van der Waals surface area contributed by atoms with E-state index in [2.05, 4.69) is 4.98 Å². The Bertz CT molecular complexity index is 1030. The normalized spacial score (nSPS) is 11.8. The van der Waals surface area contributed by atoms with E-state index in [1.54, 1.807) is 18.2 Å². The molecule has 0 aliphatic carbocycles. The number of benzene rings is 1. The summed E-state index contributed by atoms with van der Waals surface area (Å²) in [4.78, 5) is 15.7. The summed E-state index contributed by atoms with van der Waals surface area (Å²) in [5.41, 5.74) is 1.61. The molecule has 2 aromatic heterocycles. The average Bonchev–Trinajstić information content (AvgIpc) is 2.94. The third-order valence-corrected chi connectivity index (χ3v) is 5.64. The first-order chi connectivity index (χ1) is 11.4. The Balaban J connectivity index is 2.35. The van der Waals surface area contributed by atoms with Crippen molar-refractivity contribution in [2.24, 2.45) is 0 Å². The van der Waals surface area contributed by atoms with Gasteiger partial charge < -0.3 is 5.11 Å². The lowest BCUT2D eigenvalue weighted by atomic mass is 10.2. The minimum Gasteiger partial charge on any atom is -0.478 e. The Morgan fingerprint density at radius 2 is 1.88 bits per heavy atom. The summed E-state index contributed by atoms with van der Waals surface area (Å²) in [6, 6.07) is 9.47. The van der Waals surface area contributed by atoms with Crippen LogP contribution in [0.4, 0.5) is 0 Å². The smallest absolute Gasteiger partial charge is 0.336 e. The molecule has 0 fully saturated rings. The standard InChI is InChI=1S/C17H16N2O4S/c1-3-12-10-15-14(17(20)21)8-9-18-16(15)19(12)24(22,23)13-6-4-11(2)5-7-13/h4-10H,3H2,1-2H3,(H,20,21). The van der Waals surface area contributed by atoms with E-state index in [1.165, 1.54) is 24.4 Å². The lowest BCUT2D eigenvalue weighted by Crippen LogP contribution is -2.16. The van der Waals surface area contributed by atoms with Crippen molar-refractivity contribution in [3.05, 3.63) is 59.4 Å². The first kappa shape index (κ1) is 16.2.